The Morgan fingerprint density at radius 3 is 3.11 bits per heavy atom. The second kappa shape index (κ2) is 5.72. The van der Waals surface area contributed by atoms with Crippen LogP contribution in [-0.4, -0.2) is 26.2 Å². The first-order valence-corrected chi connectivity index (χ1v) is 7.08. The number of benzene rings is 1. The van der Waals surface area contributed by atoms with Crippen LogP contribution in [0.3, 0.4) is 0 Å². The Bertz CT molecular complexity index is 399. The van der Waals surface area contributed by atoms with Gasteiger partial charge in [0.1, 0.15) is 5.75 Å². The maximum Gasteiger partial charge on any atom is 0.124 e. The molecular formula is C15H22N2O. The lowest BCUT2D eigenvalue weighted by molar-refractivity contribution is 0.216. The summed E-state index contributed by atoms with van der Waals surface area (Å²) >= 11 is 0. The van der Waals surface area contributed by atoms with Crippen molar-refractivity contribution in [3.8, 4) is 5.75 Å². The summed E-state index contributed by atoms with van der Waals surface area (Å²) in [6.45, 7) is 5.16. The van der Waals surface area contributed by atoms with E-state index in [1.54, 1.807) is 0 Å². The Kier molecular flexibility index (Phi) is 3.81. The maximum atomic E-state index is 6.06. The molecule has 0 radical (unpaired) electrons. The van der Waals surface area contributed by atoms with Gasteiger partial charge in [0.05, 0.1) is 6.61 Å². The fraction of sp³-hybridized carbons (Fsp3) is 0.600. The third-order valence-electron chi connectivity index (χ3n) is 3.98. The van der Waals surface area contributed by atoms with Crippen molar-refractivity contribution in [1.29, 1.82) is 0 Å². The van der Waals surface area contributed by atoms with Crippen molar-refractivity contribution in [2.45, 2.75) is 25.8 Å². The summed E-state index contributed by atoms with van der Waals surface area (Å²) in [5.41, 5.74) is 2.82. The number of fused-ring (bicyclic) bond motifs is 1. The molecule has 2 aliphatic rings. The van der Waals surface area contributed by atoms with Gasteiger partial charge in [-0.15, -0.1) is 0 Å². The molecule has 2 aliphatic heterocycles. The van der Waals surface area contributed by atoms with Crippen LogP contribution in [-0.2, 0) is 13.0 Å². The monoisotopic (exact) mass is 246 g/mol. The normalized spacial score (nSPS) is 23.4. The van der Waals surface area contributed by atoms with Crippen molar-refractivity contribution in [2.75, 3.05) is 26.2 Å². The molecule has 1 aromatic carbocycles. The molecule has 3 rings (SSSR count). The van der Waals surface area contributed by atoms with Crippen LogP contribution in [0.15, 0.2) is 18.2 Å². The molecule has 18 heavy (non-hydrogen) atoms. The van der Waals surface area contributed by atoms with Crippen LogP contribution >= 0.6 is 0 Å². The van der Waals surface area contributed by atoms with Crippen LogP contribution in [0.25, 0.3) is 0 Å². The van der Waals surface area contributed by atoms with Crippen LogP contribution in [0.5, 0.6) is 5.75 Å². The van der Waals surface area contributed by atoms with Gasteiger partial charge in [0.2, 0.25) is 0 Å². The first-order valence-electron chi connectivity index (χ1n) is 7.08. The standard InChI is InChI=1S/C15H22N2O/c1-4-13-6-8-17-10-14(13)15(5-1)18-11-12-3-2-7-16-9-12/h1,4-5,12,16-17H,2-3,6-11H2. The number of hydrogen-bond acceptors (Lipinski definition) is 3. The van der Waals surface area contributed by atoms with Gasteiger partial charge in [-0.1, -0.05) is 12.1 Å². The molecule has 1 atom stereocenters. The predicted octanol–water partition coefficient (Wildman–Crippen LogP) is 1.71. The van der Waals surface area contributed by atoms with E-state index in [0.717, 1.165) is 38.4 Å². The molecule has 3 nitrogen and oxygen atoms in total. The van der Waals surface area contributed by atoms with E-state index >= 15 is 0 Å². The number of rotatable bonds is 3. The molecule has 1 fully saturated rings. The van der Waals surface area contributed by atoms with Gasteiger partial charge in [0.25, 0.3) is 0 Å². The van der Waals surface area contributed by atoms with E-state index in [0.29, 0.717) is 5.92 Å². The minimum Gasteiger partial charge on any atom is -0.493 e. The SMILES string of the molecule is c1cc2c(c(OCC3CCCNC3)c1)CNCC2. The van der Waals surface area contributed by atoms with Crippen LogP contribution in [0.4, 0.5) is 0 Å². The van der Waals surface area contributed by atoms with Crippen LogP contribution in [0.2, 0.25) is 0 Å². The van der Waals surface area contributed by atoms with Crippen LogP contribution in [0.1, 0.15) is 24.0 Å². The molecular weight excluding hydrogens is 224 g/mol. The zero-order chi connectivity index (χ0) is 12.2. The highest BCUT2D eigenvalue weighted by atomic mass is 16.5. The van der Waals surface area contributed by atoms with Crippen LogP contribution < -0.4 is 15.4 Å². The minimum absolute atomic E-state index is 0.672. The van der Waals surface area contributed by atoms with Gasteiger partial charge in [-0.25, -0.2) is 0 Å². The molecule has 0 spiro atoms. The first kappa shape index (κ1) is 12.0. The highest BCUT2D eigenvalue weighted by Crippen LogP contribution is 2.26. The highest BCUT2D eigenvalue weighted by molar-refractivity contribution is 5.41. The van der Waals surface area contributed by atoms with Crippen molar-refractivity contribution in [1.82, 2.24) is 10.6 Å². The summed E-state index contributed by atoms with van der Waals surface area (Å²) in [5, 5.41) is 6.87. The van der Waals surface area contributed by atoms with E-state index in [2.05, 4.69) is 28.8 Å². The van der Waals surface area contributed by atoms with Crippen molar-refractivity contribution >= 4 is 0 Å². The van der Waals surface area contributed by atoms with Crippen molar-refractivity contribution < 1.29 is 4.74 Å². The smallest absolute Gasteiger partial charge is 0.124 e. The molecule has 1 unspecified atom stereocenters. The molecule has 2 N–H and O–H groups in total. The molecule has 0 saturated carbocycles. The predicted molar refractivity (Wildman–Crippen MR) is 72.9 cm³/mol. The quantitative estimate of drug-likeness (QED) is 0.852. The summed E-state index contributed by atoms with van der Waals surface area (Å²) in [6, 6.07) is 6.46. The minimum atomic E-state index is 0.672. The molecule has 1 aromatic rings. The molecule has 1 saturated heterocycles. The molecule has 0 bridgehead atoms. The second-order valence-corrected chi connectivity index (χ2v) is 5.34. The topological polar surface area (TPSA) is 33.3 Å². The Morgan fingerprint density at radius 2 is 2.22 bits per heavy atom. The molecule has 3 heteroatoms. The number of ether oxygens (including phenoxy) is 1. The third-order valence-corrected chi connectivity index (χ3v) is 3.98. The number of hydrogen-bond donors (Lipinski definition) is 2. The zero-order valence-electron chi connectivity index (χ0n) is 10.9. The van der Waals surface area contributed by atoms with E-state index in [1.165, 1.54) is 30.5 Å². The average Bonchev–Trinajstić information content (AvgIpc) is 2.46. The maximum absolute atomic E-state index is 6.06. The van der Waals surface area contributed by atoms with Gasteiger partial charge >= 0.3 is 0 Å². The van der Waals surface area contributed by atoms with Crippen molar-refractivity contribution in [3.05, 3.63) is 29.3 Å². The summed E-state index contributed by atoms with van der Waals surface area (Å²) in [7, 11) is 0. The third kappa shape index (κ3) is 2.68. The molecule has 2 heterocycles. The fourth-order valence-corrected chi connectivity index (χ4v) is 2.89. The number of piperidine rings is 1. The summed E-state index contributed by atoms with van der Waals surface area (Å²) in [6.07, 6.45) is 3.69. The van der Waals surface area contributed by atoms with E-state index in [4.69, 9.17) is 4.74 Å². The lowest BCUT2D eigenvalue weighted by atomic mass is 9.99. The Hall–Kier alpha value is -1.06. The van der Waals surface area contributed by atoms with Gasteiger partial charge in [0.15, 0.2) is 0 Å². The van der Waals surface area contributed by atoms with Crippen LogP contribution in [0, 0.1) is 5.92 Å². The Morgan fingerprint density at radius 1 is 1.22 bits per heavy atom. The molecule has 98 valence electrons. The Labute approximate surface area is 109 Å². The molecule has 0 aliphatic carbocycles. The Balaban J connectivity index is 1.65. The van der Waals surface area contributed by atoms with Gasteiger partial charge in [-0.2, -0.15) is 0 Å². The molecule has 0 aromatic heterocycles. The van der Waals surface area contributed by atoms with E-state index < -0.39 is 0 Å². The van der Waals surface area contributed by atoms with Gasteiger partial charge in [-0.05, 0) is 44.0 Å². The molecule has 0 amide bonds. The van der Waals surface area contributed by atoms with Crippen molar-refractivity contribution in [2.24, 2.45) is 5.92 Å². The lowest BCUT2D eigenvalue weighted by Gasteiger charge is -2.25. The fourth-order valence-electron chi connectivity index (χ4n) is 2.89. The summed E-state index contributed by atoms with van der Waals surface area (Å²) in [5.74, 6) is 1.76. The van der Waals surface area contributed by atoms with Gasteiger partial charge in [0, 0.05) is 24.6 Å². The second-order valence-electron chi connectivity index (χ2n) is 5.34. The van der Waals surface area contributed by atoms with E-state index in [9.17, 15) is 0 Å². The van der Waals surface area contributed by atoms with Crippen molar-refractivity contribution in [3.63, 3.8) is 0 Å². The van der Waals surface area contributed by atoms with Gasteiger partial charge in [-0.3, -0.25) is 0 Å². The van der Waals surface area contributed by atoms with E-state index in [-0.39, 0.29) is 0 Å². The largest absolute Gasteiger partial charge is 0.493 e. The highest BCUT2D eigenvalue weighted by Gasteiger charge is 2.16. The lowest BCUT2D eigenvalue weighted by Crippen LogP contribution is -2.33. The first-order chi connectivity index (χ1) is 8.93. The number of nitrogens with one attached hydrogen (secondary N) is 2. The average molecular weight is 246 g/mol. The summed E-state index contributed by atoms with van der Waals surface area (Å²) in [4.78, 5) is 0. The zero-order valence-corrected chi connectivity index (χ0v) is 10.9. The van der Waals surface area contributed by atoms with E-state index in [1.807, 2.05) is 0 Å². The van der Waals surface area contributed by atoms with Gasteiger partial charge < -0.3 is 15.4 Å². The summed E-state index contributed by atoms with van der Waals surface area (Å²) < 4.78 is 6.06.